The topological polar surface area (TPSA) is 72.5 Å². The maximum Gasteiger partial charge on any atom is 0.315 e. The average Bonchev–Trinajstić information content (AvgIpc) is 2.59. The van der Waals surface area contributed by atoms with Gasteiger partial charge in [-0.3, -0.25) is 4.98 Å². The number of rotatable bonds is 4. The van der Waals surface area contributed by atoms with Crippen LogP contribution in [0.2, 0.25) is 0 Å². The van der Waals surface area contributed by atoms with Gasteiger partial charge < -0.3 is 20.1 Å². The van der Waals surface area contributed by atoms with E-state index in [9.17, 15) is 4.79 Å². The molecule has 23 heavy (non-hydrogen) atoms. The van der Waals surface area contributed by atoms with Crippen LogP contribution in [0.15, 0.2) is 36.5 Å². The molecule has 1 aromatic heterocycles. The number of urea groups is 1. The average molecular weight is 313 g/mol. The summed E-state index contributed by atoms with van der Waals surface area (Å²) < 4.78 is 11.1. The van der Waals surface area contributed by atoms with Gasteiger partial charge in [0, 0.05) is 18.3 Å². The highest BCUT2D eigenvalue weighted by Crippen LogP contribution is 2.33. The number of amides is 2. The molecule has 1 aliphatic rings. The molecule has 6 nitrogen and oxygen atoms in total. The van der Waals surface area contributed by atoms with Crippen LogP contribution < -0.4 is 20.1 Å². The van der Waals surface area contributed by atoms with Crippen LogP contribution in [0.25, 0.3) is 0 Å². The summed E-state index contributed by atoms with van der Waals surface area (Å²) in [5, 5.41) is 5.60. The van der Waals surface area contributed by atoms with Crippen molar-refractivity contribution in [1.82, 2.24) is 15.6 Å². The minimum absolute atomic E-state index is 0.248. The van der Waals surface area contributed by atoms with Crippen LogP contribution in [0.1, 0.15) is 16.8 Å². The number of aromatic nitrogens is 1. The second-order valence-electron chi connectivity index (χ2n) is 5.30. The molecule has 0 saturated heterocycles. The van der Waals surface area contributed by atoms with Crippen LogP contribution in [-0.4, -0.2) is 24.2 Å². The lowest BCUT2D eigenvalue weighted by Gasteiger charge is -2.21. The number of benzene rings is 1. The second kappa shape index (κ2) is 7.00. The van der Waals surface area contributed by atoms with Crippen molar-refractivity contribution >= 4 is 6.03 Å². The Morgan fingerprint density at radius 1 is 1.13 bits per heavy atom. The van der Waals surface area contributed by atoms with Crippen LogP contribution in [-0.2, 0) is 13.1 Å². The predicted octanol–water partition coefficient (Wildman–Crippen LogP) is 2.16. The van der Waals surface area contributed by atoms with Gasteiger partial charge in [0.05, 0.1) is 12.2 Å². The van der Waals surface area contributed by atoms with E-state index in [0.29, 0.717) is 32.1 Å². The largest absolute Gasteiger partial charge is 0.486 e. The van der Waals surface area contributed by atoms with Crippen LogP contribution >= 0.6 is 0 Å². The van der Waals surface area contributed by atoms with E-state index in [1.54, 1.807) is 6.20 Å². The number of hydrogen-bond acceptors (Lipinski definition) is 4. The SMILES string of the molecule is Cc1ccc(CNC(=O)NCc2cccc3c2OCCO3)nc1. The van der Waals surface area contributed by atoms with E-state index in [4.69, 9.17) is 9.47 Å². The molecule has 3 rings (SSSR count). The molecule has 2 N–H and O–H groups in total. The standard InChI is InChI=1S/C17H19N3O3/c1-12-5-6-14(18-9-12)11-20-17(21)19-10-13-3-2-4-15-16(13)23-8-7-22-15/h2-6,9H,7-8,10-11H2,1H3,(H2,19,20,21). The number of aryl methyl sites for hydroxylation is 1. The van der Waals surface area contributed by atoms with Crippen molar-refractivity contribution in [3.8, 4) is 11.5 Å². The summed E-state index contributed by atoms with van der Waals surface area (Å²) in [5.74, 6) is 1.43. The molecule has 0 fully saturated rings. The third kappa shape index (κ3) is 3.91. The van der Waals surface area contributed by atoms with Crippen LogP contribution in [0.5, 0.6) is 11.5 Å². The molecule has 0 unspecified atom stereocenters. The van der Waals surface area contributed by atoms with Gasteiger partial charge in [0.1, 0.15) is 13.2 Å². The van der Waals surface area contributed by atoms with Crippen molar-refractivity contribution in [2.24, 2.45) is 0 Å². The van der Waals surface area contributed by atoms with Crippen LogP contribution in [0.3, 0.4) is 0 Å². The van der Waals surface area contributed by atoms with Gasteiger partial charge in [-0.1, -0.05) is 18.2 Å². The number of ether oxygens (including phenoxy) is 2. The molecule has 120 valence electrons. The third-order valence-electron chi connectivity index (χ3n) is 3.49. The summed E-state index contributed by atoms with van der Waals surface area (Å²) in [7, 11) is 0. The maximum absolute atomic E-state index is 11.9. The number of nitrogens with one attached hydrogen (secondary N) is 2. The zero-order chi connectivity index (χ0) is 16.1. The van der Waals surface area contributed by atoms with E-state index in [0.717, 1.165) is 22.6 Å². The van der Waals surface area contributed by atoms with Crippen molar-refractivity contribution in [3.05, 3.63) is 53.3 Å². The predicted molar refractivity (Wildman–Crippen MR) is 85.5 cm³/mol. The minimum Gasteiger partial charge on any atom is -0.486 e. The molecule has 2 aromatic rings. The highest BCUT2D eigenvalue weighted by Gasteiger charge is 2.15. The number of carbonyl (C=O) groups excluding carboxylic acids is 1. The number of carbonyl (C=O) groups is 1. The van der Waals surface area contributed by atoms with Gasteiger partial charge in [-0.05, 0) is 24.6 Å². The summed E-state index contributed by atoms with van der Waals surface area (Å²) >= 11 is 0. The van der Waals surface area contributed by atoms with Gasteiger partial charge >= 0.3 is 6.03 Å². The zero-order valence-corrected chi connectivity index (χ0v) is 13.0. The Morgan fingerprint density at radius 2 is 1.96 bits per heavy atom. The quantitative estimate of drug-likeness (QED) is 0.907. The first-order chi connectivity index (χ1) is 11.2. The number of pyridine rings is 1. The Morgan fingerprint density at radius 3 is 2.78 bits per heavy atom. The number of hydrogen-bond donors (Lipinski definition) is 2. The summed E-state index contributed by atoms with van der Waals surface area (Å²) in [6.07, 6.45) is 1.78. The number of nitrogens with zero attached hydrogens (tertiary/aromatic N) is 1. The molecule has 0 aliphatic carbocycles. The first kappa shape index (κ1) is 15.1. The lowest BCUT2D eigenvalue weighted by atomic mass is 10.1. The van der Waals surface area contributed by atoms with E-state index in [1.807, 2.05) is 37.3 Å². The lowest BCUT2D eigenvalue weighted by molar-refractivity contribution is 0.169. The zero-order valence-electron chi connectivity index (χ0n) is 13.0. The molecular formula is C17H19N3O3. The summed E-state index contributed by atoms with van der Waals surface area (Å²) in [4.78, 5) is 16.1. The summed E-state index contributed by atoms with van der Waals surface area (Å²) in [6, 6.07) is 9.28. The third-order valence-corrected chi connectivity index (χ3v) is 3.49. The fourth-order valence-corrected chi connectivity index (χ4v) is 2.29. The Bertz CT molecular complexity index is 686. The van der Waals surface area contributed by atoms with Gasteiger partial charge in [-0.15, -0.1) is 0 Å². The Kier molecular flexibility index (Phi) is 4.61. The molecule has 1 aromatic carbocycles. The fraction of sp³-hybridized carbons (Fsp3) is 0.294. The van der Waals surface area contributed by atoms with E-state index < -0.39 is 0 Å². The minimum atomic E-state index is -0.248. The molecular weight excluding hydrogens is 294 g/mol. The van der Waals surface area contributed by atoms with Crippen molar-refractivity contribution < 1.29 is 14.3 Å². The molecule has 0 bridgehead atoms. The molecule has 0 radical (unpaired) electrons. The maximum atomic E-state index is 11.9. The van der Waals surface area contributed by atoms with Gasteiger partial charge in [-0.25, -0.2) is 4.79 Å². The first-order valence-electron chi connectivity index (χ1n) is 7.53. The number of fused-ring (bicyclic) bond motifs is 1. The van der Waals surface area contributed by atoms with Crippen LogP contribution in [0.4, 0.5) is 4.79 Å². The van der Waals surface area contributed by atoms with Crippen LogP contribution in [0, 0.1) is 6.92 Å². The van der Waals surface area contributed by atoms with Crippen molar-refractivity contribution in [3.63, 3.8) is 0 Å². The van der Waals surface area contributed by atoms with E-state index >= 15 is 0 Å². The normalized spacial score (nSPS) is 12.6. The molecule has 0 spiro atoms. The van der Waals surface area contributed by atoms with E-state index in [2.05, 4.69) is 15.6 Å². The van der Waals surface area contributed by atoms with Gasteiger partial charge in [0.15, 0.2) is 11.5 Å². The fourth-order valence-electron chi connectivity index (χ4n) is 2.29. The van der Waals surface area contributed by atoms with E-state index in [-0.39, 0.29) is 6.03 Å². The van der Waals surface area contributed by atoms with Gasteiger partial charge in [-0.2, -0.15) is 0 Å². The van der Waals surface area contributed by atoms with Crippen molar-refractivity contribution in [2.45, 2.75) is 20.0 Å². The Balaban J connectivity index is 1.52. The molecule has 6 heteroatoms. The summed E-state index contributed by atoms with van der Waals surface area (Å²) in [5.41, 5.74) is 2.81. The van der Waals surface area contributed by atoms with Gasteiger partial charge in [0.25, 0.3) is 0 Å². The van der Waals surface area contributed by atoms with Crippen molar-refractivity contribution in [2.75, 3.05) is 13.2 Å². The monoisotopic (exact) mass is 313 g/mol. The second-order valence-corrected chi connectivity index (χ2v) is 5.30. The highest BCUT2D eigenvalue weighted by atomic mass is 16.6. The smallest absolute Gasteiger partial charge is 0.315 e. The van der Waals surface area contributed by atoms with Crippen molar-refractivity contribution in [1.29, 1.82) is 0 Å². The molecule has 0 atom stereocenters. The van der Waals surface area contributed by atoms with Gasteiger partial charge in [0.2, 0.25) is 0 Å². The number of para-hydroxylation sites is 1. The highest BCUT2D eigenvalue weighted by molar-refractivity contribution is 5.73. The molecule has 0 saturated carbocycles. The Hall–Kier alpha value is -2.76. The first-order valence-corrected chi connectivity index (χ1v) is 7.53. The molecule has 1 aliphatic heterocycles. The summed E-state index contributed by atoms with van der Waals surface area (Å²) in [6.45, 7) is 3.81. The molecule has 2 heterocycles. The molecule has 2 amide bonds. The Labute approximate surface area is 134 Å². The lowest BCUT2D eigenvalue weighted by Crippen LogP contribution is -2.35. The van der Waals surface area contributed by atoms with E-state index in [1.165, 1.54) is 0 Å².